The van der Waals surface area contributed by atoms with Gasteiger partial charge in [0, 0.05) is 6.21 Å². The molecule has 0 spiro atoms. The lowest BCUT2D eigenvalue weighted by molar-refractivity contribution is 1.50. The van der Waals surface area contributed by atoms with Crippen LogP contribution in [0.2, 0.25) is 0 Å². The molecule has 1 nitrogen and oxygen atoms in total. The molecule has 0 aromatic rings. The average Bonchev–Trinajstić information content (AvgIpc) is 1.86. The average molecular weight is 135 g/mol. The van der Waals surface area contributed by atoms with Crippen LogP contribution < -0.4 is 0 Å². The molecular weight excluding hydrogens is 122 g/mol. The normalized spacial score (nSPS) is 12.0. The summed E-state index contributed by atoms with van der Waals surface area (Å²) in [5.74, 6) is 0. The lowest BCUT2D eigenvalue weighted by Crippen LogP contribution is -1.77. The van der Waals surface area contributed by atoms with Crippen LogP contribution in [0.3, 0.4) is 0 Å². The summed E-state index contributed by atoms with van der Waals surface area (Å²) >= 11 is 0. The van der Waals surface area contributed by atoms with E-state index in [0.717, 1.165) is 11.1 Å². The molecule has 0 radical (unpaired) electrons. The van der Waals surface area contributed by atoms with E-state index >= 15 is 0 Å². The minimum absolute atomic E-state index is 0.884. The highest BCUT2D eigenvalue weighted by atomic mass is 14.3. The van der Waals surface area contributed by atoms with Gasteiger partial charge in [-0.05, 0) is 19.4 Å². The molecular formula is C9H13N. The Morgan fingerprint density at radius 2 is 2.10 bits per heavy atom. The zero-order valence-corrected chi connectivity index (χ0v) is 6.52. The minimum Gasteiger partial charge on any atom is -0.308 e. The van der Waals surface area contributed by atoms with Gasteiger partial charge in [0.05, 0.1) is 0 Å². The number of hydrogen-bond donors (Lipinski definition) is 1. The summed E-state index contributed by atoms with van der Waals surface area (Å²) in [6.07, 6.45) is 6.96. The molecule has 0 saturated carbocycles. The van der Waals surface area contributed by atoms with E-state index in [1.54, 1.807) is 0 Å². The van der Waals surface area contributed by atoms with Crippen LogP contribution in [0.4, 0.5) is 0 Å². The first-order chi connectivity index (χ1) is 4.70. The predicted octanol–water partition coefficient (Wildman–Crippen LogP) is 2.71. The van der Waals surface area contributed by atoms with Crippen molar-refractivity contribution in [2.75, 3.05) is 0 Å². The van der Waals surface area contributed by atoms with E-state index in [1.807, 2.05) is 32.1 Å². The topological polar surface area (TPSA) is 23.9 Å². The molecule has 0 unspecified atom stereocenters. The highest BCUT2D eigenvalue weighted by Gasteiger charge is 1.83. The van der Waals surface area contributed by atoms with Crippen LogP contribution in [0.25, 0.3) is 0 Å². The SMILES string of the molecule is C=C(C)/C=C(C=N)\C=C/C. The Balaban J connectivity index is 4.33. The van der Waals surface area contributed by atoms with E-state index in [1.165, 1.54) is 6.21 Å². The summed E-state index contributed by atoms with van der Waals surface area (Å²) in [6, 6.07) is 0. The Hall–Kier alpha value is -1.11. The summed E-state index contributed by atoms with van der Waals surface area (Å²) in [5.41, 5.74) is 1.85. The summed E-state index contributed by atoms with van der Waals surface area (Å²) in [4.78, 5) is 0. The Bertz CT molecular complexity index is 185. The minimum atomic E-state index is 0.884. The second kappa shape index (κ2) is 4.74. The van der Waals surface area contributed by atoms with Crippen molar-refractivity contribution < 1.29 is 0 Å². The molecule has 1 heteroatoms. The van der Waals surface area contributed by atoms with Gasteiger partial charge in [0.15, 0.2) is 0 Å². The van der Waals surface area contributed by atoms with Crippen molar-refractivity contribution in [2.45, 2.75) is 13.8 Å². The summed E-state index contributed by atoms with van der Waals surface area (Å²) in [7, 11) is 0. The molecule has 0 aliphatic heterocycles. The van der Waals surface area contributed by atoms with Crippen molar-refractivity contribution >= 4 is 6.21 Å². The third kappa shape index (κ3) is 3.84. The van der Waals surface area contributed by atoms with E-state index in [0.29, 0.717) is 0 Å². The Kier molecular flexibility index (Phi) is 4.21. The first-order valence-corrected chi connectivity index (χ1v) is 3.21. The second-order valence-corrected chi connectivity index (χ2v) is 2.14. The molecule has 10 heavy (non-hydrogen) atoms. The van der Waals surface area contributed by atoms with Crippen LogP contribution in [0.1, 0.15) is 13.8 Å². The first kappa shape index (κ1) is 8.89. The molecule has 0 aliphatic carbocycles. The van der Waals surface area contributed by atoms with Gasteiger partial charge in [-0.25, -0.2) is 0 Å². The number of hydrogen-bond acceptors (Lipinski definition) is 1. The van der Waals surface area contributed by atoms with Crippen molar-refractivity contribution in [3.05, 3.63) is 36.0 Å². The molecule has 0 fully saturated rings. The molecule has 0 heterocycles. The molecule has 0 aliphatic rings. The van der Waals surface area contributed by atoms with Crippen LogP contribution in [-0.4, -0.2) is 6.21 Å². The fraction of sp³-hybridized carbons (Fsp3) is 0.222. The number of allylic oxidation sites excluding steroid dienone is 5. The molecule has 0 rings (SSSR count). The van der Waals surface area contributed by atoms with Crippen molar-refractivity contribution in [2.24, 2.45) is 0 Å². The molecule has 0 amide bonds. The van der Waals surface area contributed by atoms with Gasteiger partial charge in [0.1, 0.15) is 0 Å². The van der Waals surface area contributed by atoms with Crippen molar-refractivity contribution in [3.8, 4) is 0 Å². The predicted molar refractivity (Wildman–Crippen MR) is 46.5 cm³/mol. The van der Waals surface area contributed by atoms with Crippen LogP contribution in [0.15, 0.2) is 36.0 Å². The maximum Gasteiger partial charge on any atom is 0.0250 e. The zero-order chi connectivity index (χ0) is 7.98. The van der Waals surface area contributed by atoms with Gasteiger partial charge in [-0.2, -0.15) is 0 Å². The molecule has 0 atom stereocenters. The third-order valence-corrected chi connectivity index (χ3v) is 0.939. The van der Waals surface area contributed by atoms with E-state index in [-0.39, 0.29) is 0 Å². The Morgan fingerprint density at radius 3 is 2.40 bits per heavy atom. The van der Waals surface area contributed by atoms with Crippen LogP contribution in [0, 0.1) is 5.41 Å². The lowest BCUT2D eigenvalue weighted by Gasteiger charge is -1.90. The Labute approximate surface area is 62.3 Å². The maximum atomic E-state index is 6.97. The maximum absolute atomic E-state index is 6.97. The zero-order valence-electron chi connectivity index (χ0n) is 6.52. The highest BCUT2D eigenvalue weighted by molar-refractivity contribution is 5.80. The van der Waals surface area contributed by atoms with Gasteiger partial charge in [-0.3, -0.25) is 0 Å². The van der Waals surface area contributed by atoms with Crippen molar-refractivity contribution in [3.63, 3.8) is 0 Å². The molecule has 0 aromatic carbocycles. The quantitative estimate of drug-likeness (QED) is 0.454. The van der Waals surface area contributed by atoms with E-state index < -0.39 is 0 Å². The van der Waals surface area contributed by atoms with Crippen molar-refractivity contribution in [1.82, 2.24) is 0 Å². The molecule has 0 aromatic heterocycles. The van der Waals surface area contributed by atoms with Crippen LogP contribution >= 0.6 is 0 Å². The molecule has 1 N–H and O–H groups in total. The molecule has 54 valence electrons. The number of rotatable bonds is 3. The molecule has 0 bridgehead atoms. The van der Waals surface area contributed by atoms with Crippen LogP contribution in [-0.2, 0) is 0 Å². The fourth-order valence-electron chi connectivity index (χ4n) is 0.615. The second-order valence-electron chi connectivity index (χ2n) is 2.14. The molecule has 0 saturated heterocycles. The van der Waals surface area contributed by atoms with E-state index in [4.69, 9.17) is 5.41 Å². The summed E-state index contributed by atoms with van der Waals surface area (Å²) in [6.45, 7) is 7.55. The largest absolute Gasteiger partial charge is 0.308 e. The number of nitrogens with one attached hydrogen (secondary N) is 1. The summed E-state index contributed by atoms with van der Waals surface area (Å²) < 4.78 is 0. The van der Waals surface area contributed by atoms with Gasteiger partial charge < -0.3 is 5.41 Å². The van der Waals surface area contributed by atoms with Gasteiger partial charge >= 0.3 is 0 Å². The van der Waals surface area contributed by atoms with Gasteiger partial charge in [0.2, 0.25) is 0 Å². The van der Waals surface area contributed by atoms with E-state index in [9.17, 15) is 0 Å². The van der Waals surface area contributed by atoms with Gasteiger partial charge in [-0.1, -0.05) is 30.4 Å². The smallest absolute Gasteiger partial charge is 0.0250 e. The van der Waals surface area contributed by atoms with Crippen LogP contribution in [0.5, 0.6) is 0 Å². The first-order valence-electron chi connectivity index (χ1n) is 3.21. The van der Waals surface area contributed by atoms with Gasteiger partial charge in [-0.15, -0.1) is 0 Å². The van der Waals surface area contributed by atoms with Crippen molar-refractivity contribution in [1.29, 1.82) is 5.41 Å². The monoisotopic (exact) mass is 135 g/mol. The standard InChI is InChI=1S/C9H13N/c1-4-5-9(7-10)6-8(2)3/h4-7,10H,2H2,1,3H3/b5-4-,9-6+,10-7?. The third-order valence-electron chi connectivity index (χ3n) is 0.939. The van der Waals surface area contributed by atoms with Gasteiger partial charge in [0.25, 0.3) is 0 Å². The summed E-state index contributed by atoms with van der Waals surface area (Å²) in [5, 5.41) is 6.97. The Morgan fingerprint density at radius 1 is 1.50 bits per heavy atom. The van der Waals surface area contributed by atoms with E-state index in [2.05, 4.69) is 6.58 Å². The highest BCUT2D eigenvalue weighted by Crippen LogP contribution is 1.98. The fourth-order valence-corrected chi connectivity index (χ4v) is 0.615. The lowest BCUT2D eigenvalue weighted by atomic mass is 10.2.